The van der Waals surface area contributed by atoms with E-state index in [0.717, 1.165) is 11.0 Å². The van der Waals surface area contributed by atoms with Gasteiger partial charge in [0.2, 0.25) is 5.76 Å². The maximum absolute atomic E-state index is 12.0. The molecule has 0 amide bonds. The number of benzene rings is 2. The van der Waals surface area contributed by atoms with Gasteiger partial charge in [0.05, 0.1) is 5.56 Å². The number of halogens is 1. The molecule has 124 valence electrons. The molecule has 2 aromatic carbocycles. The largest absolute Gasteiger partial charge is 0.455 e. The Labute approximate surface area is 147 Å². The van der Waals surface area contributed by atoms with Crippen molar-refractivity contribution in [2.45, 2.75) is 6.61 Å². The topological polar surface area (TPSA) is 65.5 Å². The highest BCUT2D eigenvalue weighted by Crippen LogP contribution is 2.28. The van der Waals surface area contributed by atoms with Gasteiger partial charge in [-0.1, -0.05) is 35.0 Å². The highest BCUT2D eigenvalue weighted by molar-refractivity contribution is 6.30. The number of furan rings is 1. The summed E-state index contributed by atoms with van der Waals surface area (Å²) in [6, 6.07) is 17.7. The standard InChI is InChI=1S/C19H12ClNO4/c20-14-7-5-12(6-8-14)19(22)23-11-15-10-18(25-21-15)17-9-13-3-1-2-4-16(13)24-17/h1-10H,11H2. The molecule has 0 aliphatic carbocycles. The third-order valence-corrected chi connectivity index (χ3v) is 3.91. The van der Waals surface area contributed by atoms with Gasteiger partial charge in [0.1, 0.15) is 17.9 Å². The first kappa shape index (κ1) is 15.5. The zero-order valence-corrected chi connectivity index (χ0v) is 13.7. The molecule has 5 nitrogen and oxygen atoms in total. The smallest absolute Gasteiger partial charge is 0.338 e. The van der Waals surface area contributed by atoms with Crippen LogP contribution in [0.5, 0.6) is 0 Å². The van der Waals surface area contributed by atoms with E-state index in [0.29, 0.717) is 27.8 Å². The quantitative estimate of drug-likeness (QED) is 0.477. The van der Waals surface area contributed by atoms with E-state index in [1.807, 2.05) is 30.3 Å². The molecule has 0 fully saturated rings. The minimum Gasteiger partial charge on any atom is -0.455 e. The number of nitrogens with zero attached hydrogens (tertiary/aromatic N) is 1. The van der Waals surface area contributed by atoms with Crippen molar-refractivity contribution in [2.24, 2.45) is 0 Å². The monoisotopic (exact) mass is 353 g/mol. The van der Waals surface area contributed by atoms with Crippen molar-refractivity contribution in [1.29, 1.82) is 0 Å². The summed E-state index contributed by atoms with van der Waals surface area (Å²) in [4.78, 5) is 12.0. The molecular weight excluding hydrogens is 342 g/mol. The van der Waals surface area contributed by atoms with Crippen molar-refractivity contribution in [3.05, 3.63) is 76.9 Å². The van der Waals surface area contributed by atoms with Gasteiger partial charge in [-0.3, -0.25) is 0 Å². The number of ether oxygens (including phenoxy) is 1. The Morgan fingerprint density at radius 3 is 2.64 bits per heavy atom. The zero-order valence-electron chi connectivity index (χ0n) is 12.9. The first-order valence-corrected chi connectivity index (χ1v) is 7.94. The molecule has 0 unspecified atom stereocenters. The predicted octanol–water partition coefficient (Wildman–Crippen LogP) is 5.10. The number of esters is 1. The van der Waals surface area contributed by atoms with E-state index in [4.69, 9.17) is 25.3 Å². The van der Waals surface area contributed by atoms with Crippen LogP contribution in [0.15, 0.2) is 69.6 Å². The Kier molecular flexibility index (Phi) is 3.99. The van der Waals surface area contributed by atoms with Crippen LogP contribution in [0.1, 0.15) is 16.1 Å². The normalized spacial score (nSPS) is 10.9. The van der Waals surface area contributed by atoms with Gasteiger partial charge < -0.3 is 13.7 Å². The molecule has 0 bridgehead atoms. The van der Waals surface area contributed by atoms with Crippen LogP contribution in [0.2, 0.25) is 5.02 Å². The van der Waals surface area contributed by atoms with Crippen molar-refractivity contribution in [3.63, 3.8) is 0 Å². The minimum absolute atomic E-state index is 0.00515. The molecule has 0 N–H and O–H groups in total. The van der Waals surface area contributed by atoms with Crippen LogP contribution in [0.4, 0.5) is 0 Å². The Bertz CT molecular complexity index is 1000. The first-order chi connectivity index (χ1) is 12.2. The maximum atomic E-state index is 12.0. The van der Waals surface area contributed by atoms with Crippen LogP contribution in [-0.4, -0.2) is 11.1 Å². The molecule has 0 aliphatic heterocycles. The molecule has 25 heavy (non-hydrogen) atoms. The molecule has 4 aromatic rings. The summed E-state index contributed by atoms with van der Waals surface area (Å²) < 4.78 is 16.2. The van der Waals surface area contributed by atoms with Gasteiger partial charge in [0.15, 0.2) is 5.76 Å². The van der Waals surface area contributed by atoms with Gasteiger partial charge >= 0.3 is 5.97 Å². The van der Waals surface area contributed by atoms with Crippen molar-refractivity contribution < 1.29 is 18.5 Å². The van der Waals surface area contributed by atoms with E-state index in [-0.39, 0.29) is 6.61 Å². The Morgan fingerprint density at radius 2 is 1.84 bits per heavy atom. The van der Waals surface area contributed by atoms with Gasteiger partial charge in [-0.15, -0.1) is 0 Å². The molecule has 2 aromatic heterocycles. The van der Waals surface area contributed by atoms with E-state index in [1.165, 1.54) is 0 Å². The maximum Gasteiger partial charge on any atom is 0.338 e. The van der Waals surface area contributed by atoms with Crippen LogP contribution in [0.3, 0.4) is 0 Å². The molecule has 0 atom stereocenters. The summed E-state index contributed by atoms with van der Waals surface area (Å²) >= 11 is 5.80. The fourth-order valence-electron chi connectivity index (χ4n) is 2.41. The lowest BCUT2D eigenvalue weighted by atomic mass is 10.2. The highest BCUT2D eigenvalue weighted by Gasteiger charge is 2.14. The summed E-state index contributed by atoms with van der Waals surface area (Å²) in [6.45, 7) is 0.00515. The van der Waals surface area contributed by atoms with Gasteiger partial charge in [-0.2, -0.15) is 0 Å². The van der Waals surface area contributed by atoms with Crippen LogP contribution in [0, 0.1) is 0 Å². The molecule has 0 spiro atoms. The number of hydrogen-bond donors (Lipinski definition) is 0. The van der Waals surface area contributed by atoms with Gasteiger partial charge in [0.25, 0.3) is 0 Å². The number of carbonyl (C=O) groups is 1. The van der Waals surface area contributed by atoms with Crippen molar-refractivity contribution in [2.75, 3.05) is 0 Å². The second-order valence-electron chi connectivity index (χ2n) is 5.41. The van der Waals surface area contributed by atoms with Crippen molar-refractivity contribution >= 4 is 28.5 Å². The minimum atomic E-state index is -0.454. The van der Waals surface area contributed by atoms with Crippen LogP contribution in [0.25, 0.3) is 22.5 Å². The molecule has 0 aliphatic rings. The van der Waals surface area contributed by atoms with E-state index in [1.54, 1.807) is 30.3 Å². The summed E-state index contributed by atoms with van der Waals surface area (Å²) in [5.41, 5.74) is 1.69. The SMILES string of the molecule is O=C(OCc1cc(-c2cc3ccccc3o2)on1)c1ccc(Cl)cc1. The number of hydrogen-bond acceptors (Lipinski definition) is 5. The summed E-state index contributed by atoms with van der Waals surface area (Å²) in [6.07, 6.45) is 0. The number of aromatic nitrogens is 1. The molecule has 0 saturated heterocycles. The van der Waals surface area contributed by atoms with Gasteiger partial charge in [-0.25, -0.2) is 4.79 Å². The van der Waals surface area contributed by atoms with E-state index < -0.39 is 5.97 Å². The van der Waals surface area contributed by atoms with Crippen molar-refractivity contribution in [3.8, 4) is 11.5 Å². The van der Waals surface area contributed by atoms with Crippen LogP contribution < -0.4 is 0 Å². The van der Waals surface area contributed by atoms with E-state index >= 15 is 0 Å². The van der Waals surface area contributed by atoms with Gasteiger partial charge in [-0.05, 0) is 36.4 Å². The summed E-state index contributed by atoms with van der Waals surface area (Å²) in [7, 11) is 0. The molecule has 6 heteroatoms. The lowest BCUT2D eigenvalue weighted by Crippen LogP contribution is -2.05. The lowest BCUT2D eigenvalue weighted by molar-refractivity contribution is 0.0464. The fourth-order valence-corrected chi connectivity index (χ4v) is 2.53. The van der Waals surface area contributed by atoms with Crippen LogP contribution >= 0.6 is 11.6 Å². The van der Waals surface area contributed by atoms with E-state index in [2.05, 4.69) is 5.16 Å². The Morgan fingerprint density at radius 1 is 1.04 bits per heavy atom. The predicted molar refractivity (Wildman–Crippen MR) is 92.3 cm³/mol. The molecule has 0 saturated carbocycles. The fraction of sp³-hybridized carbons (Fsp3) is 0.0526. The number of para-hydroxylation sites is 1. The zero-order chi connectivity index (χ0) is 17.2. The third-order valence-electron chi connectivity index (χ3n) is 3.66. The number of carbonyl (C=O) groups excluding carboxylic acids is 1. The second-order valence-corrected chi connectivity index (χ2v) is 5.85. The number of fused-ring (bicyclic) bond motifs is 1. The van der Waals surface area contributed by atoms with Crippen molar-refractivity contribution in [1.82, 2.24) is 5.16 Å². The lowest BCUT2D eigenvalue weighted by Gasteiger charge is -2.02. The van der Waals surface area contributed by atoms with E-state index in [9.17, 15) is 4.79 Å². The molecule has 2 heterocycles. The number of rotatable bonds is 4. The average molecular weight is 354 g/mol. The Balaban J connectivity index is 1.46. The molecule has 4 rings (SSSR count). The first-order valence-electron chi connectivity index (χ1n) is 7.56. The molecular formula is C19H12ClNO4. The van der Waals surface area contributed by atoms with Crippen LogP contribution in [-0.2, 0) is 11.3 Å². The summed E-state index contributed by atoms with van der Waals surface area (Å²) in [5.74, 6) is 0.600. The summed E-state index contributed by atoms with van der Waals surface area (Å²) in [5, 5.41) is 5.44. The molecule has 0 radical (unpaired) electrons. The second kappa shape index (κ2) is 6.45. The average Bonchev–Trinajstić information content (AvgIpc) is 3.26. The van der Waals surface area contributed by atoms with Gasteiger partial charge in [0, 0.05) is 16.5 Å². The highest BCUT2D eigenvalue weighted by atomic mass is 35.5. The Hall–Kier alpha value is -3.05. The third kappa shape index (κ3) is 3.27.